The number of H-pyrrole nitrogens is 1. The number of aromatic nitrogens is 3. The van der Waals surface area contributed by atoms with Gasteiger partial charge in [-0.2, -0.15) is 0 Å². The molecule has 0 bridgehead atoms. The summed E-state index contributed by atoms with van der Waals surface area (Å²) < 4.78 is 7.20. The Kier molecular flexibility index (Phi) is 5.72. The highest BCUT2D eigenvalue weighted by molar-refractivity contribution is 6.31. The number of rotatable bonds is 5. The molecule has 1 saturated heterocycles. The minimum absolute atomic E-state index is 0.000711. The van der Waals surface area contributed by atoms with E-state index < -0.39 is 11.2 Å². The van der Waals surface area contributed by atoms with Crippen LogP contribution in [0.2, 0.25) is 5.02 Å². The molecule has 2 aromatic heterocycles. The number of nitrogens with zero attached hydrogens (tertiary/aromatic N) is 3. The number of aryl methyl sites for hydroxylation is 1. The minimum atomic E-state index is -0.508. The number of ether oxygens (including phenoxy) is 1. The van der Waals surface area contributed by atoms with Crippen molar-refractivity contribution in [1.82, 2.24) is 19.4 Å². The Hall–Kier alpha value is -2.61. The summed E-state index contributed by atoms with van der Waals surface area (Å²) in [5.74, 6) is 0.576. The molecule has 3 heterocycles. The van der Waals surface area contributed by atoms with Gasteiger partial charge in [0, 0.05) is 69.6 Å². The van der Waals surface area contributed by atoms with Crippen LogP contribution in [0, 0.1) is 0 Å². The molecule has 1 aliphatic heterocycles. The van der Waals surface area contributed by atoms with E-state index >= 15 is 0 Å². The molecule has 3 rings (SSSR count). The van der Waals surface area contributed by atoms with Crippen molar-refractivity contribution in [2.75, 3.05) is 13.1 Å². The average Bonchev–Trinajstić information content (AvgIpc) is 2.63. The number of hydrogen-bond acceptors (Lipinski definition) is 5. The second kappa shape index (κ2) is 8.18. The summed E-state index contributed by atoms with van der Waals surface area (Å²) >= 11 is 6.04. The van der Waals surface area contributed by atoms with E-state index in [1.165, 1.54) is 23.0 Å². The number of likely N-dealkylation sites (tertiary alicyclic amines) is 1. The Morgan fingerprint density at radius 1 is 1.31 bits per heavy atom. The van der Waals surface area contributed by atoms with Crippen LogP contribution in [-0.4, -0.2) is 44.5 Å². The first-order chi connectivity index (χ1) is 12.5. The van der Waals surface area contributed by atoms with Crippen molar-refractivity contribution in [2.45, 2.75) is 31.9 Å². The van der Waals surface area contributed by atoms with Gasteiger partial charge in [-0.3, -0.25) is 19.6 Å². The summed E-state index contributed by atoms with van der Waals surface area (Å²) in [6.45, 7) is 1.41. The number of hydrogen-bond donors (Lipinski definition) is 1. The Morgan fingerprint density at radius 3 is 2.77 bits per heavy atom. The Balaban J connectivity index is 1.48. The van der Waals surface area contributed by atoms with Gasteiger partial charge in [0.05, 0.1) is 0 Å². The molecule has 138 valence electrons. The van der Waals surface area contributed by atoms with Gasteiger partial charge in [0.25, 0.3) is 5.56 Å². The molecular formula is C17H19ClN4O4. The van der Waals surface area contributed by atoms with E-state index in [9.17, 15) is 14.4 Å². The summed E-state index contributed by atoms with van der Waals surface area (Å²) in [5.41, 5.74) is -0.958. The van der Waals surface area contributed by atoms with Crippen molar-refractivity contribution in [2.24, 2.45) is 0 Å². The number of carbonyl (C=O) groups is 1. The molecule has 1 fully saturated rings. The third kappa shape index (κ3) is 4.51. The fraction of sp³-hybridized carbons (Fsp3) is 0.412. The predicted molar refractivity (Wildman–Crippen MR) is 95.4 cm³/mol. The normalized spacial score (nSPS) is 15.0. The summed E-state index contributed by atoms with van der Waals surface area (Å²) in [5, 5.41) is 0.470. The standard InChI is InChI=1S/C17H19ClN4O4/c18-13-11-19-6-1-14(13)26-12-2-7-21(8-3-12)16(24)5-10-22-9-4-15(23)20-17(22)25/h1,4,6,9,11-12H,2-3,5,7-8,10H2,(H,20,23,25). The summed E-state index contributed by atoms with van der Waals surface area (Å²) in [6, 6.07) is 2.99. The maximum atomic E-state index is 12.3. The van der Waals surface area contributed by atoms with E-state index in [4.69, 9.17) is 16.3 Å². The van der Waals surface area contributed by atoms with Gasteiger partial charge < -0.3 is 14.2 Å². The van der Waals surface area contributed by atoms with Crippen LogP contribution in [0.3, 0.4) is 0 Å². The number of nitrogens with one attached hydrogen (secondary N) is 1. The first-order valence-electron chi connectivity index (χ1n) is 8.36. The molecule has 8 nitrogen and oxygen atoms in total. The zero-order chi connectivity index (χ0) is 18.5. The number of carbonyl (C=O) groups excluding carboxylic acids is 1. The Labute approximate surface area is 154 Å². The zero-order valence-electron chi connectivity index (χ0n) is 14.1. The van der Waals surface area contributed by atoms with Crippen molar-refractivity contribution in [3.8, 4) is 5.75 Å². The lowest BCUT2D eigenvalue weighted by atomic mass is 10.1. The van der Waals surface area contributed by atoms with Crippen LogP contribution in [0.1, 0.15) is 19.3 Å². The molecule has 0 aromatic carbocycles. The SMILES string of the molecule is O=C(CCn1ccc(=O)[nH]c1=O)N1CCC(Oc2ccncc2Cl)CC1. The summed E-state index contributed by atoms with van der Waals surface area (Å²) in [6.07, 6.45) is 6.18. The molecule has 26 heavy (non-hydrogen) atoms. The maximum absolute atomic E-state index is 12.3. The lowest BCUT2D eigenvalue weighted by molar-refractivity contribution is -0.133. The first-order valence-corrected chi connectivity index (χ1v) is 8.74. The third-order valence-electron chi connectivity index (χ3n) is 4.29. The molecule has 9 heteroatoms. The van der Waals surface area contributed by atoms with Crippen molar-refractivity contribution >= 4 is 17.5 Å². The van der Waals surface area contributed by atoms with Gasteiger partial charge in [-0.25, -0.2) is 4.79 Å². The van der Waals surface area contributed by atoms with Gasteiger partial charge in [-0.1, -0.05) is 11.6 Å². The molecular weight excluding hydrogens is 360 g/mol. The molecule has 1 aliphatic rings. The topological polar surface area (TPSA) is 97.3 Å². The molecule has 2 aromatic rings. The van der Waals surface area contributed by atoms with Gasteiger partial charge in [-0.05, 0) is 0 Å². The number of piperidine rings is 1. The first kappa shape index (κ1) is 18.2. The summed E-state index contributed by atoms with van der Waals surface area (Å²) in [7, 11) is 0. The van der Waals surface area contributed by atoms with Crippen LogP contribution >= 0.6 is 11.6 Å². The van der Waals surface area contributed by atoms with Crippen molar-refractivity contribution < 1.29 is 9.53 Å². The second-order valence-corrected chi connectivity index (χ2v) is 6.46. The quantitative estimate of drug-likeness (QED) is 0.838. The third-order valence-corrected chi connectivity index (χ3v) is 4.57. The van der Waals surface area contributed by atoms with Crippen LogP contribution in [0.25, 0.3) is 0 Å². The minimum Gasteiger partial charge on any atom is -0.489 e. The molecule has 0 unspecified atom stereocenters. The lowest BCUT2D eigenvalue weighted by Gasteiger charge is -2.32. The van der Waals surface area contributed by atoms with E-state index in [0.29, 0.717) is 36.7 Å². The van der Waals surface area contributed by atoms with Crippen LogP contribution in [0.4, 0.5) is 0 Å². The van der Waals surface area contributed by atoms with Gasteiger partial charge in [0.2, 0.25) is 5.91 Å². The predicted octanol–water partition coefficient (Wildman–Crippen LogP) is 1.05. The molecule has 0 saturated carbocycles. The van der Waals surface area contributed by atoms with E-state index in [-0.39, 0.29) is 25.0 Å². The zero-order valence-corrected chi connectivity index (χ0v) is 14.8. The number of halogens is 1. The molecule has 0 atom stereocenters. The van der Waals surface area contributed by atoms with Crippen LogP contribution in [0.5, 0.6) is 5.75 Å². The molecule has 1 N–H and O–H groups in total. The molecule has 0 radical (unpaired) electrons. The molecule has 1 amide bonds. The molecule has 0 aliphatic carbocycles. The van der Waals surface area contributed by atoms with Crippen LogP contribution in [-0.2, 0) is 11.3 Å². The highest BCUT2D eigenvalue weighted by Gasteiger charge is 2.24. The van der Waals surface area contributed by atoms with E-state index in [1.54, 1.807) is 17.2 Å². The highest BCUT2D eigenvalue weighted by Crippen LogP contribution is 2.26. The highest BCUT2D eigenvalue weighted by atomic mass is 35.5. The fourth-order valence-corrected chi connectivity index (χ4v) is 3.02. The number of amides is 1. The monoisotopic (exact) mass is 378 g/mol. The Bertz CT molecular complexity index is 887. The van der Waals surface area contributed by atoms with Gasteiger partial charge in [-0.15, -0.1) is 0 Å². The number of aromatic amines is 1. The second-order valence-electron chi connectivity index (χ2n) is 6.06. The largest absolute Gasteiger partial charge is 0.489 e. The fourth-order valence-electron chi connectivity index (χ4n) is 2.86. The summed E-state index contributed by atoms with van der Waals surface area (Å²) in [4.78, 5) is 42.9. The van der Waals surface area contributed by atoms with Crippen LogP contribution < -0.4 is 16.0 Å². The maximum Gasteiger partial charge on any atom is 0.328 e. The van der Waals surface area contributed by atoms with E-state index in [2.05, 4.69) is 9.97 Å². The average molecular weight is 379 g/mol. The van der Waals surface area contributed by atoms with Gasteiger partial charge in [0.1, 0.15) is 16.9 Å². The van der Waals surface area contributed by atoms with Crippen molar-refractivity contribution in [3.05, 3.63) is 56.6 Å². The molecule has 0 spiro atoms. The van der Waals surface area contributed by atoms with E-state index in [1.807, 2.05) is 0 Å². The van der Waals surface area contributed by atoms with Gasteiger partial charge >= 0.3 is 5.69 Å². The van der Waals surface area contributed by atoms with E-state index in [0.717, 1.165) is 0 Å². The van der Waals surface area contributed by atoms with Crippen molar-refractivity contribution in [1.29, 1.82) is 0 Å². The smallest absolute Gasteiger partial charge is 0.328 e. The van der Waals surface area contributed by atoms with Gasteiger partial charge in [0.15, 0.2) is 0 Å². The Morgan fingerprint density at radius 2 is 2.08 bits per heavy atom. The van der Waals surface area contributed by atoms with Crippen LogP contribution in [0.15, 0.2) is 40.3 Å². The number of pyridine rings is 1. The van der Waals surface area contributed by atoms with Crippen molar-refractivity contribution in [3.63, 3.8) is 0 Å². The lowest BCUT2D eigenvalue weighted by Crippen LogP contribution is -2.42.